The first-order valence-corrected chi connectivity index (χ1v) is 10.2. The maximum atomic E-state index is 12.6. The van der Waals surface area contributed by atoms with Gasteiger partial charge in [0, 0.05) is 10.4 Å². The number of carbonyl (C=O) groups excluding carboxylic acids is 2. The molecule has 30 heavy (non-hydrogen) atoms. The van der Waals surface area contributed by atoms with Gasteiger partial charge in [-0.25, -0.2) is 4.68 Å². The van der Waals surface area contributed by atoms with E-state index in [9.17, 15) is 9.59 Å². The van der Waals surface area contributed by atoms with Crippen molar-refractivity contribution in [1.29, 1.82) is 0 Å². The number of aromatic nitrogens is 2. The third kappa shape index (κ3) is 3.74. The number of ether oxygens (including phenoxy) is 1. The molecule has 9 heteroatoms. The van der Waals surface area contributed by atoms with Crippen molar-refractivity contribution in [2.24, 2.45) is 0 Å². The Morgan fingerprint density at radius 3 is 2.53 bits per heavy atom. The maximum absolute atomic E-state index is 12.6. The molecule has 152 valence electrons. The van der Waals surface area contributed by atoms with E-state index in [2.05, 4.69) is 16.0 Å². The van der Waals surface area contributed by atoms with Gasteiger partial charge < -0.3 is 4.74 Å². The summed E-state index contributed by atoms with van der Waals surface area (Å²) in [6, 6.07) is 16.1. The van der Waals surface area contributed by atoms with Crippen LogP contribution in [0.4, 0.5) is 0 Å². The second-order valence-corrected chi connectivity index (χ2v) is 7.88. The van der Waals surface area contributed by atoms with E-state index in [0.29, 0.717) is 15.6 Å². The highest BCUT2D eigenvalue weighted by Crippen LogP contribution is 2.30. The first kappa shape index (κ1) is 19.9. The zero-order valence-corrected chi connectivity index (χ0v) is 17.7. The molecule has 0 fully saturated rings. The van der Waals surface area contributed by atoms with Gasteiger partial charge in [0.25, 0.3) is 11.8 Å². The van der Waals surface area contributed by atoms with Gasteiger partial charge in [0.05, 0.1) is 28.9 Å². The highest BCUT2D eigenvalue weighted by Gasteiger charge is 2.19. The SMILES string of the molecule is COc1ccc(Cl)cc1C(=O)NNC(=O)c1cc2c(C)nn(-c3ccccc3)c2s1. The summed E-state index contributed by atoms with van der Waals surface area (Å²) in [5.74, 6) is -0.605. The smallest absolute Gasteiger partial charge is 0.279 e. The van der Waals surface area contributed by atoms with E-state index in [1.165, 1.54) is 24.5 Å². The van der Waals surface area contributed by atoms with Gasteiger partial charge in [-0.1, -0.05) is 29.8 Å². The first-order chi connectivity index (χ1) is 14.5. The second kappa shape index (κ2) is 8.17. The molecule has 0 radical (unpaired) electrons. The molecule has 0 aliphatic rings. The zero-order valence-electron chi connectivity index (χ0n) is 16.1. The van der Waals surface area contributed by atoms with Crippen molar-refractivity contribution in [2.75, 3.05) is 7.11 Å². The number of carbonyl (C=O) groups is 2. The number of nitrogens with zero attached hydrogens (tertiary/aromatic N) is 2. The van der Waals surface area contributed by atoms with E-state index in [0.717, 1.165) is 21.6 Å². The molecule has 0 aliphatic carbocycles. The quantitative estimate of drug-likeness (QED) is 0.467. The summed E-state index contributed by atoms with van der Waals surface area (Å²) in [5.41, 5.74) is 6.79. The van der Waals surface area contributed by atoms with Crippen molar-refractivity contribution in [3.8, 4) is 11.4 Å². The van der Waals surface area contributed by atoms with Crippen molar-refractivity contribution < 1.29 is 14.3 Å². The average Bonchev–Trinajstić information content (AvgIpc) is 3.33. The summed E-state index contributed by atoms with van der Waals surface area (Å²) in [6.07, 6.45) is 0. The molecule has 0 aliphatic heterocycles. The predicted octanol–water partition coefficient (Wildman–Crippen LogP) is 4.13. The molecule has 2 aromatic heterocycles. The van der Waals surface area contributed by atoms with Gasteiger partial charge in [-0.15, -0.1) is 11.3 Å². The lowest BCUT2D eigenvalue weighted by Gasteiger charge is -2.10. The molecule has 4 rings (SSSR count). The van der Waals surface area contributed by atoms with Crippen LogP contribution < -0.4 is 15.6 Å². The van der Waals surface area contributed by atoms with Crippen LogP contribution in [0.5, 0.6) is 5.75 Å². The highest BCUT2D eigenvalue weighted by molar-refractivity contribution is 7.20. The number of halogens is 1. The standard InChI is InChI=1S/C21H17ClN4O3S/c1-12-15-11-18(30-21(15)26(25-12)14-6-4-3-5-7-14)20(28)24-23-19(27)16-10-13(22)8-9-17(16)29-2/h3-11H,1-2H3,(H,23,27)(H,24,28). The van der Waals surface area contributed by atoms with Gasteiger partial charge >= 0.3 is 0 Å². The first-order valence-electron chi connectivity index (χ1n) is 8.96. The van der Waals surface area contributed by atoms with Gasteiger partial charge in [-0.3, -0.25) is 20.4 Å². The van der Waals surface area contributed by atoms with Gasteiger partial charge in [0.2, 0.25) is 0 Å². The van der Waals surface area contributed by atoms with Crippen LogP contribution >= 0.6 is 22.9 Å². The maximum Gasteiger partial charge on any atom is 0.279 e. The Kier molecular flexibility index (Phi) is 5.43. The molecule has 2 N–H and O–H groups in total. The van der Waals surface area contributed by atoms with Crippen LogP contribution in [-0.4, -0.2) is 28.7 Å². The number of fused-ring (bicyclic) bond motifs is 1. The molecule has 0 bridgehead atoms. The average molecular weight is 441 g/mol. The van der Waals surface area contributed by atoms with E-state index >= 15 is 0 Å². The van der Waals surface area contributed by atoms with Crippen LogP contribution in [0.2, 0.25) is 5.02 Å². The Labute approximate surface area is 181 Å². The number of methoxy groups -OCH3 is 1. The predicted molar refractivity (Wildman–Crippen MR) is 117 cm³/mol. The van der Waals surface area contributed by atoms with Crippen LogP contribution in [0.3, 0.4) is 0 Å². The van der Waals surface area contributed by atoms with E-state index in [4.69, 9.17) is 16.3 Å². The number of hydrazine groups is 1. The lowest BCUT2D eigenvalue weighted by molar-refractivity contribution is 0.0847. The minimum absolute atomic E-state index is 0.220. The van der Waals surface area contributed by atoms with Gasteiger partial charge in [0.15, 0.2) is 0 Å². The summed E-state index contributed by atoms with van der Waals surface area (Å²) in [6.45, 7) is 1.89. The van der Waals surface area contributed by atoms with Gasteiger partial charge in [0.1, 0.15) is 10.6 Å². The van der Waals surface area contributed by atoms with Crippen molar-refractivity contribution in [3.63, 3.8) is 0 Å². The molecular weight excluding hydrogens is 424 g/mol. The summed E-state index contributed by atoms with van der Waals surface area (Å²) in [7, 11) is 1.45. The van der Waals surface area contributed by atoms with Crippen LogP contribution in [0.1, 0.15) is 25.7 Å². The Morgan fingerprint density at radius 2 is 1.80 bits per heavy atom. The minimum atomic E-state index is -0.532. The third-order valence-corrected chi connectivity index (χ3v) is 5.81. The van der Waals surface area contributed by atoms with Crippen molar-refractivity contribution in [3.05, 3.63) is 75.8 Å². The number of nitrogens with one attached hydrogen (secondary N) is 2. The lowest BCUT2D eigenvalue weighted by Crippen LogP contribution is -2.41. The van der Waals surface area contributed by atoms with Crippen molar-refractivity contribution in [1.82, 2.24) is 20.6 Å². The Hall–Kier alpha value is -3.36. The largest absolute Gasteiger partial charge is 0.496 e. The number of rotatable bonds is 4. The van der Waals surface area contributed by atoms with Crippen molar-refractivity contribution in [2.45, 2.75) is 6.92 Å². The van der Waals surface area contributed by atoms with Gasteiger partial charge in [-0.05, 0) is 43.3 Å². The number of amides is 2. The van der Waals surface area contributed by atoms with Crippen LogP contribution in [0, 0.1) is 6.92 Å². The van der Waals surface area contributed by atoms with Gasteiger partial charge in [-0.2, -0.15) is 5.10 Å². The number of hydrogen-bond donors (Lipinski definition) is 2. The molecule has 0 atom stereocenters. The molecular formula is C21H17ClN4O3S. The fourth-order valence-corrected chi connectivity index (χ4v) is 4.25. The summed E-state index contributed by atoms with van der Waals surface area (Å²) >= 11 is 7.26. The van der Waals surface area contributed by atoms with Crippen molar-refractivity contribution >= 4 is 45.0 Å². The number of aryl methyl sites for hydroxylation is 1. The molecule has 2 aromatic carbocycles. The van der Waals surface area contributed by atoms with E-state index in [-0.39, 0.29) is 5.56 Å². The number of benzene rings is 2. The zero-order chi connectivity index (χ0) is 21.3. The molecule has 7 nitrogen and oxygen atoms in total. The van der Waals surface area contributed by atoms with E-state index in [1.54, 1.807) is 18.2 Å². The molecule has 0 saturated carbocycles. The fourth-order valence-electron chi connectivity index (χ4n) is 3.00. The Balaban J connectivity index is 1.54. The molecule has 2 amide bonds. The number of hydrogen-bond acceptors (Lipinski definition) is 5. The lowest BCUT2D eigenvalue weighted by atomic mass is 10.2. The summed E-state index contributed by atoms with van der Waals surface area (Å²) in [4.78, 5) is 26.4. The van der Waals surface area contributed by atoms with Crippen LogP contribution in [-0.2, 0) is 0 Å². The Bertz CT molecular complexity index is 1250. The third-order valence-electron chi connectivity index (χ3n) is 4.46. The summed E-state index contributed by atoms with van der Waals surface area (Å²) in [5, 5.41) is 5.83. The summed E-state index contributed by atoms with van der Waals surface area (Å²) < 4.78 is 6.98. The van der Waals surface area contributed by atoms with E-state index < -0.39 is 11.8 Å². The Morgan fingerprint density at radius 1 is 1.07 bits per heavy atom. The molecule has 2 heterocycles. The topological polar surface area (TPSA) is 85.2 Å². The molecule has 0 unspecified atom stereocenters. The van der Waals surface area contributed by atoms with Crippen LogP contribution in [0.25, 0.3) is 15.9 Å². The minimum Gasteiger partial charge on any atom is -0.496 e. The molecule has 0 spiro atoms. The molecule has 0 saturated heterocycles. The molecule has 4 aromatic rings. The monoisotopic (exact) mass is 440 g/mol. The highest BCUT2D eigenvalue weighted by atomic mass is 35.5. The van der Waals surface area contributed by atoms with Crippen LogP contribution in [0.15, 0.2) is 54.6 Å². The number of para-hydroxylation sites is 1. The normalized spacial score (nSPS) is 10.8. The van der Waals surface area contributed by atoms with E-state index in [1.807, 2.05) is 41.9 Å². The second-order valence-electron chi connectivity index (χ2n) is 6.42. The number of thiophene rings is 1. The fraction of sp³-hybridized carbons (Fsp3) is 0.0952.